The van der Waals surface area contributed by atoms with Crippen LogP contribution in [0.1, 0.15) is 24.3 Å². The summed E-state index contributed by atoms with van der Waals surface area (Å²) >= 11 is 0. The van der Waals surface area contributed by atoms with Crippen LogP contribution in [0.3, 0.4) is 0 Å². The number of nitrogens with one attached hydrogen (secondary N) is 1. The van der Waals surface area contributed by atoms with Gasteiger partial charge in [0.15, 0.2) is 0 Å². The van der Waals surface area contributed by atoms with Crippen molar-refractivity contribution < 1.29 is 15.4 Å². The summed E-state index contributed by atoms with van der Waals surface area (Å²) in [4.78, 5) is 0. The van der Waals surface area contributed by atoms with E-state index in [0.717, 1.165) is 18.4 Å². The average molecular weight is 195 g/mol. The van der Waals surface area contributed by atoms with Crippen molar-refractivity contribution in [2.24, 2.45) is 0 Å². The maximum atomic E-state index is 9.54. The molecule has 0 aliphatic heterocycles. The first-order valence-electron chi connectivity index (χ1n) is 4.62. The van der Waals surface area contributed by atoms with Crippen molar-refractivity contribution >= 4 is 0 Å². The van der Waals surface area contributed by atoms with Crippen LogP contribution in [-0.4, -0.2) is 21.5 Å². The number of hydrogen-bond acceptors (Lipinski definition) is 4. The van der Waals surface area contributed by atoms with Gasteiger partial charge in [-0.1, -0.05) is 6.07 Å². The lowest BCUT2D eigenvalue weighted by Crippen LogP contribution is -2.38. The molecule has 1 aromatic carbocycles. The monoisotopic (exact) mass is 195 g/mol. The third kappa shape index (κ3) is 1.54. The lowest BCUT2D eigenvalue weighted by atomic mass is 9.76. The number of aromatic hydroxyl groups is 2. The van der Waals surface area contributed by atoms with E-state index in [1.54, 1.807) is 12.1 Å². The Hall–Kier alpha value is -1.26. The molecule has 1 aliphatic carbocycles. The van der Waals surface area contributed by atoms with Crippen molar-refractivity contribution in [2.45, 2.75) is 24.8 Å². The van der Waals surface area contributed by atoms with Gasteiger partial charge in [-0.15, -0.1) is 0 Å². The van der Waals surface area contributed by atoms with Crippen LogP contribution in [-0.2, 0) is 0 Å². The van der Waals surface area contributed by atoms with Gasteiger partial charge in [0.25, 0.3) is 0 Å². The zero-order valence-corrected chi connectivity index (χ0v) is 7.64. The predicted octanol–water partition coefficient (Wildman–Crippen LogP) is 1.32. The normalized spacial score (nSPS) is 25.8. The lowest BCUT2D eigenvalue weighted by Gasteiger charge is -2.34. The van der Waals surface area contributed by atoms with Gasteiger partial charge in [-0.25, -0.2) is 5.48 Å². The molecule has 76 valence electrons. The number of rotatable bonds is 2. The summed E-state index contributed by atoms with van der Waals surface area (Å²) in [6.07, 6.45) is 1.63. The maximum Gasteiger partial charge on any atom is 0.122 e. The third-order valence-corrected chi connectivity index (χ3v) is 2.77. The summed E-state index contributed by atoms with van der Waals surface area (Å²) in [6.45, 7) is 0. The molecule has 4 heteroatoms. The van der Waals surface area contributed by atoms with Crippen LogP contribution < -0.4 is 5.48 Å². The molecular formula is C10H13NO3. The smallest absolute Gasteiger partial charge is 0.122 e. The highest BCUT2D eigenvalue weighted by Crippen LogP contribution is 2.41. The van der Waals surface area contributed by atoms with Gasteiger partial charge in [0.2, 0.25) is 0 Å². The second-order valence-electron chi connectivity index (χ2n) is 3.74. The molecule has 0 radical (unpaired) electrons. The Bertz CT molecular complexity index is 334. The van der Waals surface area contributed by atoms with Crippen molar-refractivity contribution in [1.82, 2.24) is 5.48 Å². The van der Waals surface area contributed by atoms with Gasteiger partial charge in [-0.3, -0.25) is 0 Å². The number of hydroxylamine groups is 1. The summed E-state index contributed by atoms with van der Waals surface area (Å²) in [6, 6.07) is 4.76. The zero-order valence-electron chi connectivity index (χ0n) is 7.64. The van der Waals surface area contributed by atoms with Gasteiger partial charge in [0.1, 0.15) is 11.5 Å². The van der Waals surface area contributed by atoms with Crippen LogP contribution in [0, 0.1) is 0 Å². The Balaban J connectivity index is 2.11. The Morgan fingerprint density at radius 3 is 2.50 bits per heavy atom. The fourth-order valence-electron chi connectivity index (χ4n) is 1.85. The number of phenols is 2. The largest absolute Gasteiger partial charge is 0.508 e. The van der Waals surface area contributed by atoms with E-state index in [4.69, 9.17) is 10.3 Å². The SMILES string of the molecule is ONC1CC(c2ccc(O)cc2O)C1. The molecule has 1 fully saturated rings. The fourth-order valence-corrected chi connectivity index (χ4v) is 1.85. The van der Waals surface area contributed by atoms with Crippen molar-refractivity contribution in [2.75, 3.05) is 0 Å². The highest BCUT2D eigenvalue weighted by atomic mass is 16.5. The first-order chi connectivity index (χ1) is 6.70. The second kappa shape index (κ2) is 3.48. The molecule has 1 aliphatic rings. The topological polar surface area (TPSA) is 72.7 Å². The Labute approximate surface area is 81.8 Å². The lowest BCUT2D eigenvalue weighted by molar-refractivity contribution is 0.0777. The molecule has 0 amide bonds. The van der Waals surface area contributed by atoms with Gasteiger partial charge in [0.05, 0.1) is 0 Å². The molecule has 14 heavy (non-hydrogen) atoms. The summed E-state index contributed by atoms with van der Waals surface area (Å²) in [7, 11) is 0. The van der Waals surface area contributed by atoms with E-state index in [1.807, 2.05) is 0 Å². The standard InChI is InChI=1S/C10H13NO3/c12-8-1-2-9(10(13)5-8)6-3-7(4-6)11-14/h1-2,5-7,11-14H,3-4H2. The number of hydrogen-bond donors (Lipinski definition) is 4. The molecule has 1 saturated carbocycles. The van der Waals surface area contributed by atoms with Gasteiger partial charge in [-0.05, 0) is 30.4 Å². The molecule has 0 saturated heterocycles. The van der Waals surface area contributed by atoms with Crippen LogP contribution in [0.2, 0.25) is 0 Å². The average Bonchev–Trinajstić information content (AvgIpc) is 2.06. The highest BCUT2D eigenvalue weighted by Gasteiger charge is 2.31. The molecule has 0 unspecified atom stereocenters. The van der Waals surface area contributed by atoms with Crippen molar-refractivity contribution in [1.29, 1.82) is 0 Å². The van der Waals surface area contributed by atoms with Crippen LogP contribution in [0.25, 0.3) is 0 Å². The van der Waals surface area contributed by atoms with Gasteiger partial charge in [-0.2, -0.15) is 0 Å². The van der Waals surface area contributed by atoms with Gasteiger partial charge >= 0.3 is 0 Å². The van der Waals surface area contributed by atoms with E-state index >= 15 is 0 Å². The molecule has 4 N–H and O–H groups in total. The molecule has 0 aromatic heterocycles. The zero-order chi connectivity index (χ0) is 10.1. The van der Waals surface area contributed by atoms with E-state index in [9.17, 15) is 5.11 Å². The van der Waals surface area contributed by atoms with Crippen LogP contribution in [0.5, 0.6) is 11.5 Å². The summed E-state index contributed by atoms with van der Waals surface area (Å²) in [5.74, 6) is 0.481. The Kier molecular flexibility index (Phi) is 2.31. The molecule has 0 bridgehead atoms. The molecule has 2 rings (SSSR count). The maximum absolute atomic E-state index is 9.54. The van der Waals surface area contributed by atoms with E-state index in [-0.39, 0.29) is 23.5 Å². The quantitative estimate of drug-likeness (QED) is 0.537. The van der Waals surface area contributed by atoms with E-state index in [2.05, 4.69) is 5.48 Å². The molecule has 0 heterocycles. The fraction of sp³-hybridized carbons (Fsp3) is 0.400. The molecule has 4 nitrogen and oxygen atoms in total. The summed E-state index contributed by atoms with van der Waals surface area (Å²) in [5.41, 5.74) is 3.04. The van der Waals surface area contributed by atoms with Crippen molar-refractivity contribution in [3.8, 4) is 11.5 Å². The predicted molar refractivity (Wildman–Crippen MR) is 50.5 cm³/mol. The Morgan fingerprint density at radius 2 is 1.93 bits per heavy atom. The highest BCUT2D eigenvalue weighted by molar-refractivity contribution is 5.42. The minimum atomic E-state index is 0.0717. The van der Waals surface area contributed by atoms with E-state index in [0.29, 0.717) is 0 Å². The third-order valence-electron chi connectivity index (χ3n) is 2.77. The van der Waals surface area contributed by atoms with Crippen molar-refractivity contribution in [3.05, 3.63) is 23.8 Å². The van der Waals surface area contributed by atoms with Crippen LogP contribution in [0.4, 0.5) is 0 Å². The minimum Gasteiger partial charge on any atom is -0.508 e. The first-order valence-corrected chi connectivity index (χ1v) is 4.62. The van der Waals surface area contributed by atoms with Crippen molar-refractivity contribution in [3.63, 3.8) is 0 Å². The van der Waals surface area contributed by atoms with Crippen LogP contribution >= 0.6 is 0 Å². The molecule has 0 atom stereocenters. The number of phenolic OH excluding ortho intramolecular Hbond substituents is 2. The molecule has 0 spiro atoms. The Morgan fingerprint density at radius 1 is 1.21 bits per heavy atom. The minimum absolute atomic E-state index is 0.0717. The number of benzene rings is 1. The summed E-state index contributed by atoms with van der Waals surface area (Å²) < 4.78 is 0. The first kappa shape index (κ1) is 9.30. The van der Waals surface area contributed by atoms with Gasteiger partial charge in [0, 0.05) is 12.1 Å². The second-order valence-corrected chi connectivity index (χ2v) is 3.74. The molecule has 1 aromatic rings. The van der Waals surface area contributed by atoms with E-state index < -0.39 is 0 Å². The molecular weight excluding hydrogens is 182 g/mol. The summed E-state index contributed by atoms with van der Waals surface area (Å²) in [5, 5.41) is 27.3. The van der Waals surface area contributed by atoms with E-state index in [1.165, 1.54) is 6.07 Å². The van der Waals surface area contributed by atoms with Gasteiger partial charge < -0.3 is 15.4 Å². The van der Waals surface area contributed by atoms with Crippen LogP contribution in [0.15, 0.2) is 18.2 Å².